The zero-order valence-corrected chi connectivity index (χ0v) is 13.4. The van der Waals surface area contributed by atoms with E-state index in [9.17, 15) is 9.59 Å². The van der Waals surface area contributed by atoms with Crippen molar-refractivity contribution >= 4 is 28.8 Å². The molecule has 1 fully saturated rings. The highest BCUT2D eigenvalue weighted by Gasteiger charge is 2.34. The fraction of sp³-hybridized carbons (Fsp3) is 0.294. The number of hydrogen-bond donors (Lipinski definition) is 1. The standard InChI is InChI=1S/C17H18N2O2S/c1-11-8-12(2)10-13(9-11)19-6-5-14(17(19)21)18-16(20)15-4-3-7-22-15/h3-4,7-10,14H,5-6H2,1-2H3,(H,18,20)/t14-/m0/s1. The van der Waals surface area contributed by atoms with Gasteiger partial charge in [-0.3, -0.25) is 9.59 Å². The van der Waals surface area contributed by atoms with Gasteiger partial charge in [0.05, 0.1) is 4.88 Å². The van der Waals surface area contributed by atoms with Crippen LogP contribution in [0.4, 0.5) is 5.69 Å². The van der Waals surface area contributed by atoms with Crippen LogP contribution >= 0.6 is 11.3 Å². The smallest absolute Gasteiger partial charge is 0.261 e. The molecule has 1 N–H and O–H groups in total. The van der Waals surface area contributed by atoms with E-state index in [0.29, 0.717) is 17.8 Å². The summed E-state index contributed by atoms with van der Waals surface area (Å²) in [5.74, 6) is -0.203. The number of thiophene rings is 1. The van der Waals surface area contributed by atoms with Crippen LogP contribution in [0, 0.1) is 13.8 Å². The van der Waals surface area contributed by atoms with E-state index in [0.717, 1.165) is 16.8 Å². The SMILES string of the molecule is Cc1cc(C)cc(N2CC[C@H](NC(=O)c3cccs3)C2=O)c1. The van der Waals surface area contributed by atoms with E-state index in [1.54, 1.807) is 11.0 Å². The highest BCUT2D eigenvalue weighted by Crippen LogP contribution is 2.24. The Bertz CT molecular complexity index is 689. The predicted molar refractivity (Wildman–Crippen MR) is 88.5 cm³/mol. The van der Waals surface area contributed by atoms with Gasteiger partial charge >= 0.3 is 0 Å². The molecular weight excluding hydrogens is 296 g/mol. The third-order valence-electron chi connectivity index (χ3n) is 3.77. The van der Waals surface area contributed by atoms with Gasteiger partial charge in [0.2, 0.25) is 5.91 Å². The monoisotopic (exact) mass is 314 g/mol. The number of hydrogen-bond acceptors (Lipinski definition) is 3. The topological polar surface area (TPSA) is 49.4 Å². The quantitative estimate of drug-likeness (QED) is 0.947. The number of nitrogens with zero attached hydrogens (tertiary/aromatic N) is 1. The summed E-state index contributed by atoms with van der Waals surface area (Å²) in [6.45, 7) is 4.68. The third-order valence-corrected chi connectivity index (χ3v) is 4.64. The fourth-order valence-electron chi connectivity index (χ4n) is 2.81. The number of carbonyl (C=O) groups is 2. The minimum absolute atomic E-state index is 0.0325. The molecule has 3 rings (SSSR count). The first kappa shape index (κ1) is 14.8. The van der Waals surface area contributed by atoms with E-state index in [2.05, 4.69) is 11.4 Å². The van der Waals surface area contributed by atoms with Crippen LogP contribution in [0.5, 0.6) is 0 Å². The molecular formula is C17H18N2O2S. The van der Waals surface area contributed by atoms with Gasteiger partial charge in [0.1, 0.15) is 6.04 Å². The van der Waals surface area contributed by atoms with Gasteiger partial charge in [-0.25, -0.2) is 0 Å². The Morgan fingerprint density at radius 3 is 2.64 bits per heavy atom. The van der Waals surface area contributed by atoms with Gasteiger partial charge in [0.25, 0.3) is 5.91 Å². The molecule has 1 atom stereocenters. The minimum atomic E-state index is -0.435. The molecule has 1 saturated heterocycles. The fourth-order valence-corrected chi connectivity index (χ4v) is 3.44. The Hall–Kier alpha value is -2.14. The van der Waals surface area contributed by atoms with E-state index in [1.165, 1.54) is 11.3 Å². The maximum Gasteiger partial charge on any atom is 0.261 e. The summed E-state index contributed by atoms with van der Waals surface area (Å²) in [4.78, 5) is 27.0. The zero-order valence-electron chi connectivity index (χ0n) is 12.6. The Labute approximate surface area is 133 Å². The Kier molecular flexibility index (Phi) is 3.98. The van der Waals surface area contributed by atoms with E-state index in [1.807, 2.05) is 37.4 Å². The largest absolute Gasteiger partial charge is 0.339 e. The van der Waals surface area contributed by atoms with Crippen molar-refractivity contribution in [3.8, 4) is 0 Å². The van der Waals surface area contributed by atoms with E-state index < -0.39 is 6.04 Å². The van der Waals surface area contributed by atoms with Crippen molar-refractivity contribution in [2.75, 3.05) is 11.4 Å². The van der Waals surface area contributed by atoms with Crippen molar-refractivity contribution in [3.63, 3.8) is 0 Å². The maximum atomic E-state index is 12.5. The van der Waals surface area contributed by atoms with Crippen molar-refractivity contribution in [1.29, 1.82) is 0 Å². The van der Waals surface area contributed by atoms with Crippen molar-refractivity contribution in [3.05, 3.63) is 51.7 Å². The zero-order chi connectivity index (χ0) is 15.7. The molecule has 0 spiro atoms. The van der Waals surface area contributed by atoms with Crippen LogP contribution in [0.3, 0.4) is 0 Å². The summed E-state index contributed by atoms with van der Waals surface area (Å²) < 4.78 is 0. The average Bonchev–Trinajstić information content (AvgIpc) is 3.09. The molecule has 1 aromatic carbocycles. The van der Waals surface area contributed by atoms with Gasteiger partial charge in [-0.15, -0.1) is 11.3 Å². The van der Waals surface area contributed by atoms with Crippen LogP contribution in [0.1, 0.15) is 27.2 Å². The second kappa shape index (κ2) is 5.93. The first-order valence-electron chi connectivity index (χ1n) is 7.28. The van der Waals surface area contributed by atoms with E-state index >= 15 is 0 Å². The Balaban J connectivity index is 1.73. The van der Waals surface area contributed by atoms with Crippen molar-refractivity contribution < 1.29 is 9.59 Å². The number of benzene rings is 1. The summed E-state index contributed by atoms with van der Waals surface area (Å²) >= 11 is 1.38. The molecule has 22 heavy (non-hydrogen) atoms. The van der Waals surface area contributed by atoms with Gasteiger partial charge in [-0.2, -0.15) is 0 Å². The number of aryl methyl sites for hydroxylation is 2. The van der Waals surface area contributed by atoms with Crippen molar-refractivity contribution in [2.24, 2.45) is 0 Å². The van der Waals surface area contributed by atoms with Crippen molar-refractivity contribution in [2.45, 2.75) is 26.3 Å². The molecule has 2 amide bonds. The lowest BCUT2D eigenvalue weighted by Crippen LogP contribution is -2.41. The summed E-state index contributed by atoms with van der Waals surface area (Å²) in [7, 11) is 0. The summed E-state index contributed by atoms with van der Waals surface area (Å²) in [5.41, 5.74) is 3.18. The highest BCUT2D eigenvalue weighted by molar-refractivity contribution is 7.12. The van der Waals surface area contributed by atoms with Crippen LogP contribution in [0.2, 0.25) is 0 Å². The summed E-state index contributed by atoms with van der Waals surface area (Å²) in [5, 5.41) is 4.69. The molecule has 1 aliphatic heterocycles. The lowest BCUT2D eigenvalue weighted by Gasteiger charge is -2.18. The van der Waals surface area contributed by atoms with Crippen LogP contribution in [-0.2, 0) is 4.79 Å². The van der Waals surface area contributed by atoms with Gasteiger partial charge in [0.15, 0.2) is 0 Å². The third kappa shape index (κ3) is 2.90. The number of rotatable bonds is 3. The number of nitrogens with one attached hydrogen (secondary N) is 1. The first-order chi connectivity index (χ1) is 10.5. The molecule has 0 aliphatic carbocycles. The van der Waals surface area contributed by atoms with E-state index in [-0.39, 0.29) is 11.8 Å². The molecule has 0 radical (unpaired) electrons. The average molecular weight is 314 g/mol. The molecule has 4 nitrogen and oxygen atoms in total. The van der Waals surface area contributed by atoms with Crippen LogP contribution in [-0.4, -0.2) is 24.4 Å². The molecule has 1 aliphatic rings. The van der Waals surface area contributed by atoms with E-state index in [4.69, 9.17) is 0 Å². The lowest BCUT2D eigenvalue weighted by molar-refractivity contribution is -0.118. The lowest BCUT2D eigenvalue weighted by atomic mass is 10.1. The number of amides is 2. The molecule has 5 heteroatoms. The normalized spacial score (nSPS) is 17.8. The molecule has 2 aromatic rings. The molecule has 1 aromatic heterocycles. The molecule has 0 unspecified atom stereocenters. The number of carbonyl (C=O) groups excluding carboxylic acids is 2. The summed E-state index contributed by atoms with van der Waals surface area (Å²) in [6.07, 6.45) is 0.642. The second-order valence-electron chi connectivity index (χ2n) is 5.63. The minimum Gasteiger partial charge on any atom is -0.339 e. The molecule has 0 saturated carbocycles. The van der Waals surface area contributed by atoms with Crippen LogP contribution < -0.4 is 10.2 Å². The maximum absolute atomic E-state index is 12.5. The van der Waals surface area contributed by atoms with Crippen molar-refractivity contribution in [1.82, 2.24) is 5.32 Å². The van der Waals surface area contributed by atoms with Crippen LogP contribution in [0.15, 0.2) is 35.7 Å². The molecule has 2 heterocycles. The van der Waals surface area contributed by atoms with Crippen LogP contribution in [0.25, 0.3) is 0 Å². The summed E-state index contributed by atoms with van der Waals surface area (Å²) in [6, 6.07) is 9.26. The Morgan fingerprint density at radius 1 is 1.27 bits per heavy atom. The van der Waals surface area contributed by atoms with Gasteiger partial charge in [-0.1, -0.05) is 12.1 Å². The second-order valence-corrected chi connectivity index (χ2v) is 6.58. The predicted octanol–water partition coefficient (Wildman–Crippen LogP) is 2.90. The Morgan fingerprint density at radius 2 is 2.00 bits per heavy atom. The van der Waals surface area contributed by atoms with Gasteiger partial charge in [0, 0.05) is 12.2 Å². The molecule has 0 bridgehead atoms. The van der Waals surface area contributed by atoms with Gasteiger partial charge < -0.3 is 10.2 Å². The highest BCUT2D eigenvalue weighted by atomic mass is 32.1. The molecule has 114 valence electrons. The van der Waals surface area contributed by atoms with Gasteiger partial charge in [-0.05, 0) is 55.0 Å². The number of anilines is 1. The first-order valence-corrected chi connectivity index (χ1v) is 8.16.